The zero-order chi connectivity index (χ0) is 20.5. The second kappa shape index (κ2) is 10.5. The predicted molar refractivity (Wildman–Crippen MR) is 104 cm³/mol. The highest BCUT2D eigenvalue weighted by Gasteiger charge is 2.15. The van der Waals surface area contributed by atoms with Crippen molar-refractivity contribution < 1.29 is 24.2 Å². The number of esters is 1. The van der Waals surface area contributed by atoms with Crippen molar-refractivity contribution in [3.63, 3.8) is 0 Å². The number of aliphatic hydroxyl groups excluding tert-OH is 1. The lowest BCUT2D eigenvalue weighted by molar-refractivity contribution is -0.121. The maximum atomic E-state index is 12.2. The van der Waals surface area contributed by atoms with Gasteiger partial charge in [0, 0.05) is 12.2 Å². The normalized spacial score (nSPS) is 10.4. The minimum absolute atomic E-state index is 0.0165. The van der Waals surface area contributed by atoms with Crippen LogP contribution in [-0.4, -0.2) is 51.8 Å². The number of amides is 2. The minimum atomic E-state index is -0.452. The number of likely N-dealkylation sites (N-methyl/N-ethyl adjacent to an activating group) is 1. The zero-order valence-electron chi connectivity index (χ0n) is 15.6. The monoisotopic (exact) mass is 406 g/mol. The van der Waals surface area contributed by atoms with Crippen LogP contribution < -0.4 is 10.6 Å². The van der Waals surface area contributed by atoms with Crippen LogP contribution in [0.2, 0.25) is 0 Å². The van der Waals surface area contributed by atoms with Crippen LogP contribution in [0.4, 0.5) is 5.69 Å². The van der Waals surface area contributed by atoms with E-state index in [1.165, 1.54) is 13.3 Å². The molecule has 1 aromatic heterocycles. The minimum Gasteiger partial charge on any atom is -0.465 e. The summed E-state index contributed by atoms with van der Waals surface area (Å²) in [4.78, 5) is 39.6. The summed E-state index contributed by atoms with van der Waals surface area (Å²) < 4.78 is 6.20. The summed E-state index contributed by atoms with van der Waals surface area (Å²) in [7, 11) is 1.30. The van der Waals surface area contributed by atoms with Crippen LogP contribution in [0, 0.1) is 0 Å². The van der Waals surface area contributed by atoms with E-state index in [9.17, 15) is 19.5 Å². The Hall–Kier alpha value is -2.85. The quantitative estimate of drug-likeness (QED) is 0.420. The molecule has 0 saturated carbocycles. The molecule has 0 fully saturated rings. The first-order valence-electron chi connectivity index (χ1n) is 8.51. The fraction of sp³-hybridized carbons (Fsp3) is 0.333. The van der Waals surface area contributed by atoms with E-state index in [2.05, 4.69) is 20.4 Å². The molecule has 2 rings (SSSR count). The Morgan fingerprint density at radius 1 is 1.21 bits per heavy atom. The van der Waals surface area contributed by atoms with Gasteiger partial charge in [-0.3, -0.25) is 9.59 Å². The molecule has 0 aliphatic rings. The Labute approximate surface area is 166 Å². The van der Waals surface area contributed by atoms with Gasteiger partial charge in [0.15, 0.2) is 5.16 Å². The van der Waals surface area contributed by atoms with Gasteiger partial charge in [-0.25, -0.2) is 9.78 Å². The topological polar surface area (TPSA) is 123 Å². The molecule has 0 unspecified atom stereocenters. The van der Waals surface area contributed by atoms with Gasteiger partial charge in [0.2, 0.25) is 11.8 Å². The van der Waals surface area contributed by atoms with Crippen LogP contribution in [0.25, 0.3) is 0 Å². The molecule has 2 amide bonds. The summed E-state index contributed by atoms with van der Waals surface area (Å²) in [6.07, 6.45) is 1.48. The lowest BCUT2D eigenvalue weighted by atomic mass is 10.2. The number of aromatic nitrogens is 2. The number of thioether (sulfide) groups is 1. The molecular formula is C18H22N4O5S. The van der Waals surface area contributed by atoms with Crippen LogP contribution in [-0.2, 0) is 27.5 Å². The smallest absolute Gasteiger partial charge is 0.337 e. The third-order valence-corrected chi connectivity index (χ3v) is 4.65. The summed E-state index contributed by atoms with van der Waals surface area (Å²) in [6, 6.07) is 6.33. The second-order valence-electron chi connectivity index (χ2n) is 5.64. The summed E-state index contributed by atoms with van der Waals surface area (Å²) in [5.41, 5.74) is 1.42. The molecule has 0 atom stereocenters. The van der Waals surface area contributed by atoms with Crippen molar-refractivity contribution in [2.75, 3.05) is 24.7 Å². The van der Waals surface area contributed by atoms with Crippen molar-refractivity contribution in [2.24, 2.45) is 0 Å². The third-order valence-electron chi connectivity index (χ3n) is 3.66. The Bertz CT molecular complexity index is 835. The number of aliphatic hydroxyl groups is 1. The molecular weight excluding hydrogens is 384 g/mol. The van der Waals surface area contributed by atoms with Gasteiger partial charge < -0.3 is 25.0 Å². The molecule has 2 aromatic rings. The molecule has 0 bridgehead atoms. The van der Waals surface area contributed by atoms with E-state index in [1.807, 2.05) is 6.92 Å². The van der Waals surface area contributed by atoms with E-state index < -0.39 is 5.97 Å². The summed E-state index contributed by atoms with van der Waals surface area (Å²) in [5, 5.41) is 15.3. The number of nitrogens with one attached hydrogen (secondary N) is 2. The summed E-state index contributed by atoms with van der Waals surface area (Å²) >= 11 is 1.16. The van der Waals surface area contributed by atoms with E-state index in [0.717, 1.165) is 11.8 Å². The zero-order valence-corrected chi connectivity index (χ0v) is 16.4. The molecule has 10 heteroatoms. The molecule has 3 N–H and O–H groups in total. The maximum absolute atomic E-state index is 12.2. The van der Waals surface area contributed by atoms with Crippen LogP contribution in [0.5, 0.6) is 0 Å². The van der Waals surface area contributed by atoms with E-state index in [0.29, 0.717) is 28.6 Å². The van der Waals surface area contributed by atoms with E-state index in [-0.39, 0.29) is 30.7 Å². The molecule has 0 aliphatic heterocycles. The lowest BCUT2D eigenvalue weighted by Gasteiger charge is -2.10. The largest absolute Gasteiger partial charge is 0.465 e. The van der Waals surface area contributed by atoms with Crippen LogP contribution in [0.1, 0.15) is 23.0 Å². The molecule has 0 aliphatic carbocycles. The summed E-state index contributed by atoms with van der Waals surface area (Å²) in [6.45, 7) is 2.08. The first kappa shape index (κ1) is 21.5. The number of hydrogen-bond donors (Lipinski definition) is 3. The number of imidazole rings is 1. The number of carbonyl (C=O) groups is 3. The molecule has 1 aromatic carbocycles. The van der Waals surface area contributed by atoms with Gasteiger partial charge >= 0.3 is 5.97 Å². The fourth-order valence-electron chi connectivity index (χ4n) is 2.33. The van der Waals surface area contributed by atoms with Crippen LogP contribution in [0.15, 0.2) is 35.6 Å². The fourth-order valence-corrected chi connectivity index (χ4v) is 3.13. The Morgan fingerprint density at radius 2 is 1.93 bits per heavy atom. The Morgan fingerprint density at radius 3 is 2.54 bits per heavy atom. The molecule has 150 valence electrons. The molecule has 28 heavy (non-hydrogen) atoms. The van der Waals surface area contributed by atoms with Gasteiger partial charge in [0.05, 0.1) is 36.9 Å². The van der Waals surface area contributed by atoms with Crippen LogP contribution in [0.3, 0.4) is 0 Å². The highest BCUT2D eigenvalue weighted by atomic mass is 32.2. The summed E-state index contributed by atoms with van der Waals surface area (Å²) in [5.74, 6) is -0.857. The average molecular weight is 406 g/mol. The number of methoxy groups -OCH3 is 1. The Kier molecular flexibility index (Phi) is 8.02. The average Bonchev–Trinajstić information content (AvgIpc) is 3.08. The number of benzene rings is 1. The number of nitrogens with zero attached hydrogens (tertiary/aromatic N) is 2. The van der Waals surface area contributed by atoms with Crippen molar-refractivity contribution >= 4 is 35.2 Å². The van der Waals surface area contributed by atoms with Gasteiger partial charge in [0.25, 0.3) is 0 Å². The number of ether oxygens (including phenoxy) is 1. The van der Waals surface area contributed by atoms with Crippen LogP contribution >= 0.6 is 11.8 Å². The van der Waals surface area contributed by atoms with E-state index >= 15 is 0 Å². The van der Waals surface area contributed by atoms with Gasteiger partial charge in [-0.15, -0.1) is 0 Å². The van der Waals surface area contributed by atoms with Gasteiger partial charge in [-0.2, -0.15) is 0 Å². The van der Waals surface area contributed by atoms with Crippen molar-refractivity contribution in [3.05, 3.63) is 41.7 Å². The van der Waals surface area contributed by atoms with Crippen molar-refractivity contribution in [1.82, 2.24) is 14.9 Å². The lowest BCUT2D eigenvalue weighted by Crippen LogP contribution is -2.28. The van der Waals surface area contributed by atoms with E-state index in [1.54, 1.807) is 28.8 Å². The standard InChI is InChI=1S/C18H22N4O5S/c1-3-19-15(24)9-22-14(10-23)8-20-18(22)28-11-16(25)21-13-6-4-12(5-7-13)17(26)27-2/h4-8,23H,3,9-11H2,1-2H3,(H,19,24)(H,21,25). The SMILES string of the molecule is CCNC(=O)Cn1c(CO)cnc1SCC(=O)Nc1ccc(C(=O)OC)cc1. The van der Waals surface area contributed by atoms with Crippen molar-refractivity contribution in [1.29, 1.82) is 0 Å². The number of carbonyl (C=O) groups excluding carboxylic acids is 3. The van der Waals surface area contributed by atoms with Gasteiger partial charge in [-0.1, -0.05) is 11.8 Å². The van der Waals surface area contributed by atoms with Gasteiger partial charge in [0.1, 0.15) is 6.54 Å². The second-order valence-corrected chi connectivity index (χ2v) is 6.58. The first-order valence-corrected chi connectivity index (χ1v) is 9.50. The first-order chi connectivity index (χ1) is 13.5. The number of anilines is 1. The molecule has 0 radical (unpaired) electrons. The number of hydrogen-bond acceptors (Lipinski definition) is 7. The Balaban J connectivity index is 1.96. The highest BCUT2D eigenvalue weighted by molar-refractivity contribution is 7.99. The van der Waals surface area contributed by atoms with Crippen molar-refractivity contribution in [3.8, 4) is 0 Å². The van der Waals surface area contributed by atoms with E-state index in [4.69, 9.17) is 0 Å². The van der Waals surface area contributed by atoms with Crippen molar-refractivity contribution in [2.45, 2.75) is 25.2 Å². The molecule has 0 spiro atoms. The highest BCUT2D eigenvalue weighted by Crippen LogP contribution is 2.19. The predicted octanol–water partition coefficient (Wildman–Crippen LogP) is 1.03. The number of rotatable bonds is 9. The third kappa shape index (κ3) is 5.83. The maximum Gasteiger partial charge on any atom is 0.337 e. The van der Waals surface area contributed by atoms with Gasteiger partial charge in [-0.05, 0) is 31.2 Å². The molecule has 0 saturated heterocycles. The molecule has 9 nitrogen and oxygen atoms in total. The molecule has 1 heterocycles.